The molecule has 0 radical (unpaired) electrons. The molecule has 0 aromatic carbocycles. The molecule has 1 saturated heterocycles. The maximum atomic E-state index is 5.54. The molecule has 0 amide bonds. The number of ether oxygens (including phenoxy) is 1. The first kappa shape index (κ1) is 8.69. The summed E-state index contributed by atoms with van der Waals surface area (Å²) < 4.78 is 5.48. The Morgan fingerprint density at radius 1 is 1.50 bits per heavy atom. The first-order chi connectivity index (χ1) is 4.93. The highest BCUT2D eigenvalue weighted by molar-refractivity contribution is 7.99. The Kier molecular flexibility index (Phi) is 4.59. The molecular formula is C7H13ClOS. The molecule has 1 fully saturated rings. The van der Waals surface area contributed by atoms with Gasteiger partial charge in [-0.15, -0.1) is 23.4 Å². The summed E-state index contributed by atoms with van der Waals surface area (Å²) >= 11 is 7.39. The van der Waals surface area contributed by atoms with Crippen molar-refractivity contribution in [2.75, 3.05) is 18.2 Å². The lowest BCUT2D eigenvalue weighted by Gasteiger charge is -2.21. The Morgan fingerprint density at radius 3 is 3.00 bits per heavy atom. The molecule has 0 bridgehead atoms. The number of alkyl halides is 1. The zero-order valence-corrected chi connectivity index (χ0v) is 7.59. The van der Waals surface area contributed by atoms with Crippen molar-refractivity contribution in [1.29, 1.82) is 0 Å². The summed E-state index contributed by atoms with van der Waals surface area (Å²) in [5.41, 5.74) is 0.437. The number of rotatable bonds is 3. The van der Waals surface area contributed by atoms with E-state index in [4.69, 9.17) is 16.3 Å². The van der Waals surface area contributed by atoms with Crippen molar-refractivity contribution in [3.05, 3.63) is 0 Å². The van der Waals surface area contributed by atoms with Crippen LogP contribution in [0.1, 0.15) is 19.3 Å². The molecule has 0 saturated carbocycles. The molecule has 0 aromatic rings. The van der Waals surface area contributed by atoms with Crippen LogP contribution < -0.4 is 0 Å². The molecule has 1 heterocycles. The van der Waals surface area contributed by atoms with Crippen molar-refractivity contribution in [2.24, 2.45) is 0 Å². The van der Waals surface area contributed by atoms with E-state index in [1.165, 1.54) is 19.3 Å². The van der Waals surface area contributed by atoms with Crippen LogP contribution in [0.3, 0.4) is 0 Å². The molecule has 3 heteroatoms. The summed E-state index contributed by atoms with van der Waals surface area (Å²) in [6.07, 6.45) is 3.76. The van der Waals surface area contributed by atoms with Crippen molar-refractivity contribution < 1.29 is 4.74 Å². The topological polar surface area (TPSA) is 9.23 Å². The van der Waals surface area contributed by atoms with Crippen LogP contribution in [0.25, 0.3) is 0 Å². The molecule has 60 valence electrons. The first-order valence-corrected chi connectivity index (χ1v) is 5.31. The van der Waals surface area contributed by atoms with Crippen molar-refractivity contribution in [3.63, 3.8) is 0 Å². The van der Waals surface area contributed by atoms with E-state index in [1.807, 2.05) is 11.8 Å². The van der Waals surface area contributed by atoms with Crippen LogP contribution in [0.2, 0.25) is 0 Å². The SMILES string of the molecule is ClCCSC1CCCCO1. The van der Waals surface area contributed by atoms with Gasteiger partial charge >= 0.3 is 0 Å². The van der Waals surface area contributed by atoms with Crippen molar-refractivity contribution >= 4 is 23.4 Å². The van der Waals surface area contributed by atoms with Gasteiger partial charge in [-0.25, -0.2) is 0 Å². The number of thioether (sulfide) groups is 1. The third kappa shape index (κ3) is 3.13. The van der Waals surface area contributed by atoms with Gasteiger partial charge in [-0.1, -0.05) is 0 Å². The number of hydrogen-bond donors (Lipinski definition) is 0. The molecular weight excluding hydrogens is 168 g/mol. The summed E-state index contributed by atoms with van der Waals surface area (Å²) in [4.78, 5) is 0. The highest BCUT2D eigenvalue weighted by Gasteiger charge is 2.12. The maximum absolute atomic E-state index is 5.54. The predicted octanol–water partition coefficient (Wildman–Crippen LogP) is 2.49. The second-order valence-corrected chi connectivity index (χ2v) is 4.00. The van der Waals surface area contributed by atoms with Gasteiger partial charge in [-0.2, -0.15) is 0 Å². The van der Waals surface area contributed by atoms with Gasteiger partial charge in [-0.05, 0) is 19.3 Å². The van der Waals surface area contributed by atoms with Crippen molar-refractivity contribution in [3.8, 4) is 0 Å². The summed E-state index contributed by atoms with van der Waals surface area (Å²) in [6, 6.07) is 0. The second-order valence-electron chi connectivity index (χ2n) is 2.36. The quantitative estimate of drug-likeness (QED) is 0.618. The molecule has 1 nitrogen and oxygen atoms in total. The normalized spacial score (nSPS) is 26.7. The average molecular weight is 181 g/mol. The van der Waals surface area contributed by atoms with Crippen LogP contribution in [-0.4, -0.2) is 23.7 Å². The molecule has 1 atom stereocenters. The van der Waals surface area contributed by atoms with E-state index in [-0.39, 0.29) is 0 Å². The summed E-state index contributed by atoms with van der Waals surface area (Å²) in [5, 5.41) is 0. The van der Waals surface area contributed by atoms with Crippen LogP contribution in [0.5, 0.6) is 0 Å². The van der Waals surface area contributed by atoms with E-state index in [9.17, 15) is 0 Å². The van der Waals surface area contributed by atoms with E-state index < -0.39 is 0 Å². The molecule has 0 N–H and O–H groups in total. The minimum atomic E-state index is 0.437. The van der Waals surface area contributed by atoms with E-state index in [0.717, 1.165) is 18.2 Å². The van der Waals surface area contributed by atoms with Gasteiger partial charge in [0, 0.05) is 18.2 Å². The molecule has 1 aliphatic rings. The van der Waals surface area contributed by atoms with Crippen LogP contribution in [-0.2, 0) is 4.74 Å². The molecule has 0 aliphatic carbocycles. The van der Waals surface area contributed by atoms with Crippen molar-refractivity contribution in [1.82, 2.24) is 0 Å². The van der Waals surface area contributed by atoms with Gasteiger partial charge in [0.25, 0.3) is 0 Å². The van der Waals surface area contributed by atoms with E-state index in [0.29, 0.717) is 5.44 Å². The van der Waals surface area contributed by atoms with Gasteiger partial charge in [0.1, 0.15) is 5.44 Å². The molecule has 0 aromatic heterocycles. The first-order valence-electron chi connectivity index (χ1n) is 3.72. The molecule has 1 aliphatic heterocycles. The Hall–Kier alpha value is 0.600. The fraction of sp³-hybridized carbons (Fsp3) is 1.00. The summed E-state index contributed by atoms with van der Waals surface area (Å²) in [7, 11) is 0. The monoisotopic (exact) mass is 180 g/mol. The fourth-order valence-electron chi connectivity index (χ4n) is 1.02. The Morgan fingerprint density at radius 2 is 2.40 bits per heavy atom. The smallest absolute Gasteiger partial charge is 0.103 e. The van der Waals surface area contributed by atoms with Crippen LogP contribution in [0.4, 0.5) is 0 Å². The zero-order valence-electron chi connectivity index (χ0n) is 6.01. The van der Waals surface area contributed by atoms with Crippen LogP contribution >= 0.6 is 23.4 Å². The van der Waals surface area contributed by atoms with Gasteiger partial charge in [0.15, 0.2) is 0 Å². The number of halogens is 1. The summed E-state index contributed by atoms with van der Waals surface area (Å²) in [5.74, 6) is 1.76. The standard InChI is InChI=1S/C7H13ClOS/c8-4-6-10-7-3-1-2-5-9-7/h7H,1-6H2. The highest BCUT2D eigenvalue weighted by Crippen LogP contribution is 2.22. The fourth-order valence-corrected chi connectivity index (χ4v) is 2.16. The Labute approximate surface area is 71.5 Å². The van der Waals surface area contributed by atoms with Crippen molar-refractivity contribution in [2.45, 2.75) is 24.7 Å². The minimum absolute atomic E-state index is 0.437. The lowest BCUT2D eigenvalue weighted by Crippen LogP contribution is -2.15. The molecule has 1 rings (SSSR count). The molecule has 0 spiro atoms. The van der Waals surface area contributed by atoms with Crippen LogP contribution in [0.15, 0.2) is 0 Å². The molecule has 1 unspecified atom stereocenters. The maximum Gasteiger partial charge on any atom is 0.103 e. The van der Waals surface area contributed by atoms with E-state index >= 15 is 0 Å². The average Bonchev–Trinajstić information content (AvgIpc) is 2.03. The summed E-state index contributed by atoms with van der Waals surface area (Å²) in [6.45, 7) is 0.944. The lowest BCUT2D eigenvalue weighted by molar-refractivity contribution is 0.0729. The third-order valence-corrected chi connectivity index (χ3v) is 3.12. The second kappa shape index (κ2) is 5.28. The minimum Gasteiger partial charge on any atom is -0.368 e. The zero-order chi connectivity index (χ0) is 7.23. The predicted molar refractivity (Wildman–Crippen MR) is 46.8 cm³/mol. The van der Waals surface area contributed by atoms with E-state index in [1.54, 1.807) is 0 Å². The molecule has 10 heavy (non-hydrogen) atoms. The van der Waals surface area contributed by atoms with Gasteiger partial charge in [0.2, 0.25) is 0 Å². The van der Waals surface area contributed by atoms with E-state index in [2.05, 4.69) is 0 Å². The number of hydrogen-bond acceptors (Lipinski definition) is 2. The Balaban J connectivity index is 2.02. The third-order valence-electron chi connectivity index (χ3n) is 1.52. The lowest BCUT2D eigenvalue weighted by atomic mass is 10.2. The highest BCUT2D eigenvalue weighted by atomic mass is 35.5. The largest absolute Gasteiger partial charge is 0.368 e. The van der Waals surface area contributed by atoms with Gasteiger partial charge in [-0.3, -0.25) is 0 Å². The van der Waals surface area contributed by atoms with Gasteiger partial charge in [0.05, 0.1) is 0 Å². The van der Waals surface area contributed by atoms with Crippen LogP contribution in [0, 0.1) is 0 Å². The van der Waals surface area contributed by atoms with Gasteiger partial charge < -0.3 is 4.74 Å². The Bertz CT molecular complexity index is 83.7.